The lowest BCUT2D eigenvalue weighted by molar-refractivity contribution is -0.143. The molecule has 0 aliphatic rings. The number of thioether (sulfide) groups is 1. The molecule has 0 bridgehead atoms. The predicted molar refractivity (Wildman–Crippen MR) is 187 cm³/mol. The third kappa shape index (κ3) is 25.0. The van der Waals surface area contributed by atoms with Crippen molar-refractivity contribution in [2.45, 2.75) is 168 Å². The molecule has 0 aromatic heterocycles. The largest absolute Gasteiger partial charge is 0.466 e. The Morgan fingerprint density at radius 2 is 1.14 bits per heavy atom. The highest BCUT2D eigenvalue weighted by Crippen LogP contribution is 2.17. The Labute approximate surface area is 264 Å². The normalized spacial score (nSPS) is 11.7. The van der Waals surface area contributed by atoms with E-state index in [0.29, 0.717) is 18.9 Å². The third-order valence-electron chi connectivity index (χ3n) is 7.96. The number of amidine groups is 1. The predicted octanol–water partition coefficient (Wildman–Crippen LogP) is 11.5. The van der Waals surface area contributed by atoms with E-state index in [-0.39, 0.29) is 5.97 Å². The highest BCUT2D eigenvalue weighted by Gasteiger charge is 2.04. The quantitative estimate of drug-likeness (QED) is 0.0412. The highest BCUT2D eigenvalue weighted by atomic mass is 32.2. The van der Waals surface area contributed by atoms with E-state index >= 15 is 0 Å². The van der Waals surface area contributed by atoms with Gasteiger partial charge in [0.1, 0.15) is 0 Å². The van der Waals surface area contributed by atoms with Crippen molar-refractivity contribution >= 4 is 29.3 Å². The van der Waals surface area contributed by atoms with E-state index in [1.165, 1.54) is 128 Å². The molecule has 0 fully saturated rings. The number of benzene rings is 1. The number of hydrogen-bond donors (Lipinski definition) is 1. The number of aliphatic imine (C=N–C) groups is 1. The van der Waals surface area contributed by atoms with Gasteiger partial charge in [0.05, 0.1) is 24.6 Å². The summed E-state index contributed by atoms with van der Waals surface area (Å²) < 4.78 is 5.41. The van der Waals surface area contributed by atoms with Gasteiger partial charge in [-0.1, -0.05) is 142 Å². The van der Waals surface area contributed by atoms with Gasteiger partial charge in [-0.05, 0) is 49.1 Å². The zero-order valence-corrected chi connectivity index (χ0v) is 28.5. The first-order chi connectivity index (χ1) is 20.7. The standard InChI is InChI=1S/C37H66N2O2S/c1-3-5-7-9-11-13-14-15-16-18-20-22-31-41-37(40)30-33-42-32-23-25-36(38)39-35-28-26-34(27-29-35)24-21-19-17-12-10-8-6-4-2/h26-29H,3-25,30-33H2,1-2H3,(H2,38,39). The summed E-state index contributed by atoms with van der Waals surface area (Å²) in [6, 6.07) is 8.57. The fraction of sp³-hybridized carbons (Fsp3) is 0.784. The number of nitrogens with two attached hydrogens (primary N) is 1. The number of aryl methyl sites for hydroxylation is 1. The van der Waals surface area contributed by atoms with E-state index in [2.05, 4.69) is 43.1 Å². The Balaban J connectivity index is 1.94. The Morgan fingerprint density at radius 1 is 0.643 bits per heavy atom. The van der Waals surface area contributed by atoms with Crippen molar-refractivity contribution in [3.63, 3.8) is 0 Å². The van der Waals surface area contributed by atoms with Crippen LogP contribution in [0.2, 0.25) is 0 Å². The van der Waals surface area contributed by atoms with Crippen molar-refractivity contribution in [1.29, 1.82) is 0 Å². The van der Waals surface area contributed by atoms with E-state index in [1.54, 1.807) is 11.8 Å². The molecule has 0 saturated heterocycles. The molecule has 0 spiro atoms. The number of ether oxygens (including phenoxy) is 1. The molecular formula is C37H66N2O2S. The van der Waals surface area contributed by atoms with Crippen LogP contribution in [0.1, 0.15) is 167 Å². The number of nitrogens with zero attached hydrogens (tertiary/aromatic N) is 1. The van der Waals surface area contributed by atoms with Crippen LogP contribution in [0.5, 0.6) is 0 Å². The molecule has 242 valence electrons. The summed E-state index contributed by atoms with van der Waals surface area (Å²) in [5.74, 6) is 2.43. The first-order valence-electron chi connectivity index (χ1n) is 17.8. The lowest BCUT2D eigenvalue weighted by Gasteiger charge is -2.06. The van der Waals surface area contributed by atoms with Crippen LogP contribution in [-0.4, -0.2) is 29.9 Å². The van der Waals surface area contributed by atoms with Gasteiger partial charge in [-0.2, -0.15) is 11.8 Å². The Kier molecular flexibility index (Phi) is 27.1. The molecule has 0 atom stereocenters. The van der Waals surface area contributed by atoms with Crippen LogP contribution in [-0.2, 0) is 16.0 Å². The van der Waals surface area contributed by atoms with Crippen LogP contribution in [0, 0.1) is 0 Å². The van der Waals surface area contributed by atoms with Crippen LogP contribution in [0.4, 0.5) is 5.69 Å². The molecule has 0 unspecified atom stereocenters. The van der Waals surface area contributed by atoms with Crippen molar-refractivity contribution in [1.82, 2.24) is 0 Å². The minimum atomic E-state index is -0.0579. The van der Waals surface area contributed by atoms with Crippen LogP contribution in [0.25, 0.3) is 0 Å². The third-order valence-corrected chi connectivity index (χ3v) is 9.03. The number of hydrogen-bond acceptors (Lipinski definition) is 4. The van der Waals surface area contributed by atoms with Crippen molar-refractivity contribution < 1.29 is 9.53 Å². The molecule has 2 N–H and O–H groups in total. The van der Waals surface area contributed by atoms with Crippen molar-refractivity contribution in [3.8, 4) is 0 Å². The molecule has 1 aromatic rings. The molecule has 0 aliphatic carbocycles. The van der Waals surface area contributed by atoms with Crippen LogP contribution < -0.4 is 5.73 Å². The maximum atomic E-state index is 12.0. The smallest absolute Gasteiger partial charge is 0.306 e. The Hall–Kier alpha value is -1.49. The SMILES string of the molecule is CCCCCCCCCCCCCCOC(=O)CCSCCCC(N)=Nc1ccc(CCCCCCCCCC)cc1. The molecule has 42 heavy (non-hydrogen) atoms. The Morgan fingerprint density at radius 3 is 1.69 bits per heavy atom. The number of esters is 1. The summed E-state index contributed by atoms with van der Waals surface area (Å²) >= 11 is 1.80. The molecule has 0 radical (unpaired) electrons. The molecule has 4 nitrogen and oxygen atoms in total. The second kappa shape index (κ2) is 29.6. The van der Waals surface area contributed by atoms with Crippen molar-refractivity contribution in [2.75, 3.05) is 18.1 Å². The van der Waals surface area contributed by atoms with Gasteiger partial charge >= 0.3 is 5.97 Å². The average molecular weight is 603 g/mol. The van der Waals surface area contributed by atoms with E-state index in [9.17, 15) is 4.79 Å². The van der Waals surface area contributed by atoms with Gasteiger partial charge in [0.25, 0.3) is 0 Å². The lowest BCUT2D eigenvalue weighted by Crippen LogP contribution is -2.11. The topological polar surface area (TPSA) is 64.7 Å². The van der Waals surface area contributed by atoms with Gasteiger partial charge in [-0.3, -0.25) is 4.79 Å². The fourth-order valence-electron chi connectivity index (χ4n) is 5.24. The van der Waals surface area contributed by atoms with Crippen LogP contribution in [0.15, 0.2) is 29.3 Å². The minimum Gasteiger partial charge on any atom is -0.466 e. The van der Waals surface area contributed by atoms with Gasteiger partial charge in [0, 0.05) is 12.2 Å². The van der Waals surface area contributed by atoms with Crippen LogP contribution >= 0.6 is 11.8 Å². The zero-order chi connectivity index (χ0) is 30.4. The number of carbonyl (C=O) groups is 1. The van der Waals surface area contributed by atoms with Crippen molar-refractivity contribution in [3.05, 3.63) is 29.8 Å². The zero-order valence-electron chi connectivity index (χ0n) is 27.7. The van der Waals surface area contributed by atoms with Gasteiger partial charge < -0.3 is 10.5 Å². The molecular weight excluding hydrogens is 536 g/mol. The summed E-state index contributed by atoms with van der Waals surface area (Å²) in [6.45, 7) is 5.12. The second-order valence-corrected chi connectivity index (χ2v) is 13.3. The van der Waals surface area contributed by atoms with Gasteiger partial charge in [-0.25, -0.2) is 4.99 Å². The van der Waals surface area contributed by atoms with E-state index < -0.39 is 0 Å². The number of unbranched alkanes of at least 4 members (excludes halogenated alkanes) is 18. The summed E-state index contributed by atoms with van der Waals surface area (Å²) in [6.07, 6.45) is 30.1. The van der Waals surface area contributed by atoms with Crippen molar-refractivity contribution in [2.24, 2.45) is 10.7 Å². The fourth-order valence-corrected chi connectivity index (χ4v) is 6.10. The summed E-state index contributed by atoms with van der Waals surface area (Å²) in [4.78, 5) is 16.6. The molecule has 1 rings (SSSR count). The summed E-state index contributed by atoms with van der Waals surface area (Å²) in [7, 11) is 0. The van der Waals surface area contributed by atoms with E-state index in [4.69, 9.17) is 10.5 Å². The molecule has 0 aliphatic heterocycles. The maximum absolute atomic E-state index is 12.0. The average Bonchev–Trinajstić information content (AvgIpc) is 2.99. The highest BCUT2D eigenvalue weighted by molar-refractivity contribution is 7.99. The Bertz CT molecular complexity index is 766. The number of rotatable bonds is 30. The van der Waals surface area contributed by atoms with Gasteiger partial charge in [0.15, 0.2) is 0 Å². The lowest BCUT2D eigenvalue weighted by atomic mass is 10.0. The van der Waals surface area contributed by atoms with Crippen LogP contribution in [0.3, 0.4) is 0 Å². The number of carbonyl (C=O) groups excluding carboxylic acids is 1. The monoisotopic (exact) mass is 602 g/mol. The first kappa shape index (κ1) is 38.5. The van der Waals surface area contributed by atoms with Gasteiger partial charge in [-0.15, -0.1) is 0 Å². The second-order valence-electron chi connectivity index (χ2n) is 12.1. The molecule has 0 saturated carbocycles. The van der Waals surface area contributed by atoms with E-state index in [1.807, 2.05) is 0 Å². The molecule has 0 amide bonds. The minimum absolute atomic E-state index is 0.0579. The summed E-state index contributed by atoms with van der Waals surface area (Å²) in [5.41, 5.74) is 8.50. The van der Waals surface area contributed by atoms with Gasteiger partial charge in [0.2, 0.25) is 0 Å². The molecule has 1 aromatic carbocycles. The molecule has 0 heterocycles. The summed E-state index contributed by atoms with van der Waals surface area (Å²) in [5, 5.41) is 0. The maximum Gasteiger partial charge on any atom is 0.306 e. The van der Waals surface area contributed by atoms with E-state index in [0.717, 1.165) is 42.9 Å². The molecule has 5 heteroatoms. The first-order valence-corrected chi connectivity index (χ1v) is 19.0.